The van der Waals surface area contributed by atoms with Gasteiger partial charge in [-0.05, 0) is 12.8 Å². The van der Waals surface area contributed by atoms with Crippen LogP contribution in [0.15, 0.2) is 0 Å². The molecule has 2 atom stereocenters. The topological polar surface area (TPSA) is 0 Å². The summed E-state index contributed by atoms with van der Waals surface area (Å²) in [5, 5.41) is 1.24. The molecule has 0 aliphatic carbocycles. The first-order valence-electron chi connectivity index (χ1n) is 3.23. The van der Waals surface area contributed by atoms with Gasteiger partial charge in [-0.1, -0.05) is 0 Å². The van der Waals surface area contributed by atoms with E-state index in [2.05, 4.69) is 25.3 Å². The highest BCUT2D eigenvalue weighted by Gasteiger charge is 2.12. The summed E-state index contributed by atoms with van der Waals surface area (Å²) in [5.74, 6) is 2.42. The normalized spacial score (nSPS) is 38.0. The summed E-state index contributed by atoms with van der Waals surface area (Å²) in [6.45, 7) is 0. The maximum absolute atomic E-state index is 4.42. The van der Waals surface area contributed by atoms with Gasteiger partial charge in [0.1, 0.15) is 0 Å². The molecule has 0 saturated carbocycles. The first-order chi connectivity index (χ1) is 4.29. The smallest absolute Gasteiger partial charge is 0.0108 e. The predicted molar refractivity (Wildman–Crippen MR) is 52.1 cm³/mol. The quantitative estimate of drug-likeness (QED) is 0.538. The SMILES string of the molecule is SC1CCC(S)CSC1. The third-order valence-corrected chi connectivity index (χ3v) is 4.11. The van der Waals surface area contributed by atoms with Crippen LogP contribution < -0.4 is 0 Å². The second-order valence-electron chi connectivity index (χ2n) is 2.42. The highest BCUT2D eigenvalue weighted by atomic mass is 32.2. The highest BCUT2D eigenvalue weighted by Crippen LogP contribution is 2.23. The molecule has 1 rings (SSSR count). The Labute approximate surface area is 72.0 Å². The van der Waals surface area contributed by atoms with Gasteiger partial charge in [0.05, 0.1) is 0 Å². The van der Waals surface area contributed by atoms with Gasteiger partial charge in [-0.2, -0.15) is 37.0 Å². The van der Waals surface area contributed by atoms with E-state index in [4.69, 9.17) is 0 Å². The number of hydrogen-bond acceptors (Lipinski definition) is 3. The van der Waals surface area contributed by atoms with Crippen molar-refractivity contribution in [3.8, 4) is 0 Å². The van der Waals surface area contributed by atoms with E-state index in [0.29, 0.717) is 10.5 Å². The van der Waals surface area contributed by atoms with Crippen molar-refractivity contribution in [2.75, 3.05) is 11.5 Å². The van der Waals surface area contributed by atoms with Crippen molar-refractivity contribution in [2.45, 2.75) is 23.3 Å². The summed E-state index contributed by atoms with van der Waals surface area (Å²) in [6.07, 6.45) is 2.48. The first-order valence-corrected chi connectivity index (χ1v) is 5.41. The van der Waals surface area contributed by atoms with Crippen LogP contribution in [0.25, 0.3) is 0 Å². The minimum atomic E-state index is 0.618. The maximum Gasteiger partial charge on any atom is 0.0108 e. The van der Waals surface area contributed by atoms with Crippen LogP contribution in [-0.2, 0) is 0 Å². The van der Waals surface area contributed by atoms with Gasteiger partial charge in [0.2, 0.25) is 0 Å². The third kappa shape index (κ3) is 3.10. The van der Waals surface area contributed by atoms with Crippen LogP contribution in [0.1, 0.15) is 12.8 Å². The van der Waals surface area contributed by atoms with E-state index < -0.39 is 0 Å². The van der Waals surface area contributed by atoms with E-state index in [0.717, 1.165) is 0 Å². The summed E-state index contributed by atoms with van der Waals surface area (Å²) in [6, 6.07) is 0. The molecule has 3 heteroatoms. The summed E-state index contributed by atoms with van der Waals surface area (Å²) < 4.78 is 0. The van der Waals surface area contributed by atoms with Crippen molar-refractivity contribution in [3.63, 3.8) is 0 Å². The van der Waals surface area contributed by atoms with Crippen LogP contribution in [-0.4, -0.2) is 22.0 Å². The van der Waals surface area contributed by atoms with Crippen molar-refractivity contribution in [2.24, 2.45) is 0 Å². The second-order valence-corrected chi connectivity index (χ2v) is 4.96. The Kier molecular flexibility index (Phi) is 3.66. The Bertz CT molecular complexity index is 74.4. The second kappa shape index (κ2) is 4.04. The average Bonchev–Trinajstić information content (AvgIpc) is 1.97. The molecular weight excluding hydrogens is 168 g/mol. The van der Waals surface area contributed by atoms with E-state index in [1.54, 1.807) is 0 Å². The Hall–Kier alpha value is 1.05. The molecule has 1 aliphatic rings. The fraction of sp³-hybridized carbons (Fsp3) is 1.00. The van der Waals surface area contributed by atoms with Crippen LogP contribution in [0.3, 0.4) is 0 Å². The molecule has 0 aromatic carbocycles. The lowest BCUT2D eigenvalue weighted by molar-refractivity contribution is 0.753. The summed E-state index contributed by atoms with van der Waals surface area (Å²) in [5.41, 5.74) is 0. The number of rotatable bonds is 0. The summed E-state index contributed by atoms with van der Waals surface area (Å²) in [4.78, 5) is 0. The first kappa shape index (κ1) is 8.15. The van der Waals surface area contributed by atoms with Gasteiger partial charge in [-0.3, -0.25) is 0 Å². The van der Waals surface area contributed by atoms with Crippen LogP contribution in [0.5, 0.6) is 0 Å². The molecule has 0 nitrogen and oxygen atoms in total. The molecule has 54 valence electrons. The predicted octanol–water partition coefficient (Wildman–Crippen LogP) is 2.11. The molecule has 9 heavy (non-hydrogen) atoms. The van der Waals surface area contributed by atoms with Crippen molar-refractivity contribution in [1.29, 1.82) is 0 Å². The number of thiol groups is 2. The molecule has 1 saturated heterocycles. The van der Waals surface area contributed by atoms with E-state index in [1.165, 1.54) is 24.3 Å². The Morgan fingerprint density at radius 1 is 1.00 bits per heavy atom. The molecule has 0 N–H and O–H groups in total. The molecular formula is C6H12S3. The molecule has 1 heterocycles. The Balaban J connectivity index is 2.25. The monoisotopic (exact) mass is 180 g/mol. The zero-order valence-corrected chi connectivity index (χ0v) is 7.89. The standard InChI is InChI=1S/C6H12S3/c7-5-1-2-6(8)4-9-3-5/h5-8H,1-4H2. The number of thioether (sulfide) groups is 1. The van der Waals surface area contributed by atoms with Crippen molar-refractivity contribution in [3.05, 3.63) is 0 Å². The van der Waals surface area contributed by atoms with Gasteiger partial charge in [-0.15, -0.1) is 0 Å². The van der Waals surface area contributed by atoms with Gasteiger partial charge in [0.25, 0.3) is 0 Å². The summed E-state index contributed by atoms with van der Waals surface area (Å²) >= 11 is 10.8. The molecule has 0 spiro atoms. The Morgan fingerprint density at radius 2 is 1.44 bits per heavy atom. The molecule has 0 aromatic rings. The maximum atomic E-state index is 4.42. The molecule has 0 aromatic heterocycles. The lowest BCUT2D eigenvalue weighted by Crippen LogP contribution is -2.01. The number of hydrogen-bond donors (Lipinski definition) is 2. The van der Waals surface area contributed by atoms with Crippen molar-refractivity contribution in [1.82, 2.24) is 0 Å². The van der Waals surface area contributed by atoms with Crippen LogP contribution in [0.2, 0.25) is 0 Å². The molecule has 0 radical (unpaired) electrons. The van der Waals surface area contributed by atoms with E-state index in [-0.39, 0.29) is 0 Å². The van der Waals surface area contributed by atoms with Crippen LogP contribution in [0.4, 0.5) is 0 Å². The van der Waals surface area contributed by atoms with Crippen molar-refractivity contribution >= 4 is 37.0 Å². The zero-order valence-electron chi connectivity index (χ0n) is 5.29. The average molecular weight is 180 g/mol. The van der Waals surface area contributed by atoms with Gasteiger partial charge in [-0.25, -0.2) is 0 Å². The highest BCUT2D eigenvalue weighted by molar-refractivity contribution is 8.00. The van der Waals surface area contributed by atoms with E-state index in [9.17, 15) is 0 Å². The van der Waals surface area contributed by atoms with Crippen LogP contribution in [0, 0.1) is 0 Å². The van der Waals surface area contributed by atoms with Gasteiger partial charge in [0, 0.05) is 22.0 Å². The van der Waals surface area contributed by atoms with E-state index >= 15 is 0 Å². The molecule has 1 aliphatic heterocycles. The Morgan fingerprint density at radius 3 is 1.89 bits per heavy atom. The summed E-state index contributed by atoms with van der Waals surface area (Å²) in [7, 11) is 0. The van der Waals surface area contributed by atoms with E-state index in [1.807, 2.05) is 11.8 Å². The van der Waals surface area contributed by atoms with Gasteiger partial charge < -0.3 is 0 Å². The minimum absolute atomic E-state index is 0.618. The van der Waals surface area contributed by atoms with Crippen LogP contribution >= 0.6 is 37.0 Å². The van der Waals surface area contributed by atoms with Gasteiger partial charge >= 0.3 is 0 Å². The zero-order chi connectivity index (χ0) is 6.69. The largest absolute Gasteiger partial charge is 0.175 e. The molecule has 0 amide bonds. The fourth-order valence-electron chi connectivity index (χ4n) is 0.892. The lowest BCUT2D eigenvalue weighted by atomic mass is 10.2. The fourth-order valence-corrected chi connectivity index (χ4v) is 2.84. The molecule has 2 unspecified atom stereocenters. The lowest BCUT2D eigenvalue weighted by Gasteiger charge is -2.03. The molecule has 1 fully saturated rings. The molecule has 0 bridgehead atoms. The minimum Gasteiger partial charge on any atom is -0.175 e. The van der Waals surface area contributed by atoms with Crippen molar-refractivity contribution < 1.29 is 0 Å². The third-order valence-electron chi connectivity index (χ3n) is 1.45. The van der Waals surface area contributed by atoms with Gasteiger partial charge in [0.15, 0.2) is 0 Å².